The zero-order valence-corrected chi connectivity index (χ0v) is 14.2. The van der Waals surface area contributed by atoms with E-state index in [0.29, 0.717) is 17.9 Å². The number of carbonyl (C=O) groups excluding carboxylic acids is 1. The summed E-state index contributed by atoms with van der Waals surface area (Å²) in [4.78, 5) is 12.5. The van der Waals surface area contributed by atoms with Crippen molar-refractivity contribution < 1.29 is 9.90 Å². The SMILES string of the molecule is O=C(N[C@@H]1CC(Cn2cccn2)C[C@H]1O)c1ccc(-c2cn[nH]c2)cc1. The van der Waals surface area contributed by atoms with E-state index in [4.69, 9.17) is 0 Å². The molecule has 26 heavy (non-hydrogen) atoms. The molecule has 3 atom stereocenters. The highest BCUT2D eigenvalue weighted by atomic mass is 16.3. The Morgan fingerprint density at radius 1 is 1.27 bits per heavy atom. The Balaban J connectivity index is 1.37. The number of hydrogen-bond donors (Lipinski definition) is 3. The van der Waals surface area contributed by atoms with Gasteiger partial charge >= 0.3 is 0 Å². The van der Waals surface area contributed by atoms with Gasteiger partial charge in [-0.1, -0.05) is 12.1 Å². The van der Waals surface area contributed by atoms with E-state index in [1.54, 1.807) is 24.5 Å². The maximum absolute atomic E-state index is 12.5. The second kappa shape index (κ2) is 7.13. The van der Waals surface area contributed by atoms with Gasteiger partial charge in [0.05, 0.1) is 18.3 Å². The number of amides is 1. The minimum absolute atomic E-state index is 0.160. The molecule has 7 heteroatoms. The molecule has 2 aromatic heterocycles. The lowest BCUT2D eigenvalue weighted by molar-refractivity contribution is 0.0873. The van der Waals surface area contributed by atoms with Crippen molar-refractivity contribution in [3.8, 4) is 11.1 Å². The zero-order chi connectivity index (χ0) is 17.9. The zero-order valence-electron chi connectivity index (χ0n) is 14.2. The van der Waals surface area contributed by atoms with E-state index in [1.165, 1.54) is 0 Å². The van der Waals surface area contributed by atoms with Crippen LogP contribution in [0.4, 0.5) is 0 Å². The first-order chi connectivity index (χ1) is 12.7. The van der Waals surface area contributed by atoms with Crippen LogP contribution in [0.5, 0.6) is 0 Å². The van der Waals surface area contributed by atoms with E-state index < -0.39 is 6.10 Å². The Morgan fingerprint density at radius 2 is 2.12 bits per heavy atom. The van der Waals surface area contributed by atoms with E-state index in [2.05, 4.69) is 20.6 Å². The van der Waals surface area contributed by atoms with Crippen molar-refractivity contribution in [2.24, 2.45) is 5.92 Å². The third-order valence-electron chi connectivity index (χ3n) is 4.93. The van der Waals surface area contributed by atoms with Crippen LogP contribution in [-0.4, -0.2) is 43.1 Å². The van der Waals surface area contributed by atoms with Crippen molar-refractivity contribution in [3.05, 3.63) is 60.7 Å². The highest BCUT2D eigenvalue weighted by Crippen LogP contribution is 2.28. The van der Waals surface area contributed by atoms with Crippen molar-refractivity contribution in [1.29, 1.82) is 0 Å². The Bertz CT molecular complexity index is 843. The Labute approximate surface area is 151 Å². The summed E-state index contributed by atoms with van der Waals surface area (Å²) in [5, 5.41) is 24.2. The molecule has 4 rings (SSSR count). The van der Waals surface area contributed by atoms with Gasteiger partial charge in [-0.3, -0.25) is 14.6 Å². The molecule has 2 heterocycles. The number of hydrogen-bond acceptors (Lipinski definition) is 4. The van der Waals surface area contributed by atoms with Crippen LogP contribution < -0.4 is 5.32 Å². The summed E-state index contributed by atoms with van der Waals surface area (Å²) in [6.07, 6.45) is 8.11. The highest BCUT2D eigenvalue weighted by Gasteiger charge is 2.34. The summed E-state index contributed by atoms with van der Waals surface area (Å²) >= 11 is 0. The summed E-state index contributed by atoms with van der Waals surface area (Å²) in [7, 11) is 0. The molecule has 1 amide bonds. The first kappa shape index (κ1) is 16.5. The van der Waals surface area contributed by atoms with Crippen molar-refractivity contribution in [1.82, 2.24) is 25.3 Å². The number of benzene rings is 1. The molecule has 0 aliphatic heterocycles. The molecule has 3 N–H and O–H groups in total. The topological polar surface area (TPSA) is 95.8 Å². The van der Waals surface area contributed by atoms with Crippen molar-refractivity contribution in [2.75, 3.05) is 0 Å². The van der Waals surface area contributed by atoms with E-state index >= 15 is 0 Å². The molecule has 1 aromatic carbocycles. The molecule has 3 aromatic rings. The van der Waals surface area contributed by atoms with Gasteiger partial charge in [0.1, 0.15) is 0 Å². The summed E-state index contributed by atoms with van der Waals surface area (Å²) in [5.74, 6) is 0.145. The van der Waals surface area contributed by atoms with Gasteiger partial charge in [-0.15, -0.1) is 0 Å². The van der Waals surface area contributed by atoms with Crippen LogP contribution >= 0.6 is 0 Å². The van der Waals surface area contributed by atoms with Crippen molar-refractivity contribution in [2.45, 2.75) is 31.5 Å². The van der Waals surface area contributed by atoms with E-state index in [-0.39, 0.29) is 11.9 Å². The number of aliphatic hydroxyl groups is 1. The lowest BCUT2D eigenvalue weighted by Crippen LogP contribution is -2.39. The minimum Gasteiger partial charge on any atom is -0.391 e. The number of carbonyl (C=O) groups is 1. The van der Waals surface area contributed by atoms with Crippen LogP contribution in [0.2, 0.25) is 0 Å². The lowest BCUT2D eigenvalue weighted by Gasteiger charge is -2.16. The highest BCUT2D eigenvalue weighted by molar-refractivity contribution is 5.94. The Hall–Kier alpha value is -2.93. The van der Waals surface area contributed by atoms with E-state index in [0.717, 1.165) is 24.1 Å². The molecule has 1 fully saturated rings. The van der Waals surface area contributed by atoms with Gasteiger partial charge < -0.3 is 10.4 Å². The molecule has 0 saturated heterocycles. The van der Waals surface area contributed by atoms with Gasteiger partial charge in [-0.25, -0.2) is 0 Å². The molecule has 1 unspecified atom stereocenters. The predicted octanol–water partition coefficient (Wildman–Crippen LogP) is 1.84. The second-order valence-electron chi connectivity index (χ2n) is 6.78. The first-order valence-electron chi connectivity index (χ1n) is 8.74. The van der Waals surface area contributed by atoms with Crippen molar-refractivity contribution in [3.63, 3.8) is 0 Å². The number of aromatic amines is 1. The molecule has 1 aliphatic carbocycles. The van der Waals surface area contributed by atoms with Crippen LogP contribution in [-0.2, 0) is 6.54 Å². The smallest absolute Gasteiger partial charge is 0.251 e. The summed E-state index contributed by atoms with van der Waals surface area (Å²) < 4.78 is 1.87. The first-order valence-corrected chi connectivity index (χ1v) is 8.74. The number of rotatable bonds is 5. The molecule has 0 radical (unpaired) electrons. The maximum atomic E-state index is 12.5. The van der Waals surface area contributed by atoms with Gasteiger partial charge in [0, 0.05) is 36.3 Å². The molecule has 134 valence electrons. The fraction of sp³-hybridized carbons (Fsp3) is 0.316. The fourth-order valence-corrected chi connectivity index (χ4v) is 3.57. The molecule has 0 spiro atoms. The maximum Gasteiger partial charge on any atom is 0.251 e. The second-order valence-corrected chi connectivity index (χ2v) is 6.78. The predicted molar refractivity (Wildman–Crippen MR) is 96.2 cm³/mol. The molecular formula is C19H21N5O2. The van der Waals surface area contributed by atoms with Crippen LogP contribution in [0.3, 0.4) is 0 Å². The number of aliphatic hydroxyl groups excluding tert-OH is 1. The summed E-state index contributed by atoms with van der Waals surface area (Å²) in [6.45, 7) is 0.760. The number of H-pyrrole nitrogens is 1. The molecule has 0 bridgehead atoms. The molecular weight excluding hydrogens is 330 g/mol. The van der Waals surface area contributed by atoms with Gasteiger partial charge in [0.15, 0.2) is 0 Å². The quantitative estimate of drug-likeness (QED) is 0.653. The third-order valence-corrected chi connectivity index (χ3v) is 4.93. The average Bonchev–Trinajstić information content (AvgIpc) is 3.39. The van der Waals surface area contributed by atoms with Gasteiger partial charge in [0.2, 0.25) is 0 Å². The summed E-state index contributed by atoms with van der Waals surface area (Å²) in [6, 6.07) is 9.03. The number of aromatic nitrogens is 4. The Kier molecular flexibility index (Phi) is 4.53. The molecule has 7 nitrogen and oxygen atoms in total. The fourth-order valence-electron chi connectivity index (χ4n) is 3.57. The summed E-state index contributed by atoms with van der Waals surface area (Å²) in [5.41, 5.74) is 2.56. The standard InChI is InChI=1S/C19H21N5O2/c25-18-9-13(12-24-7-1-6-22-24)8-17(18)23-19(26)15-4-2-14(3-5-15)16-10-20-21-11-16/h1-7,10-11,13,17-18,25H,8-9,12H2,(H,20,21)(H,23,26)/t13?,17-,18-/m1/s1. The third kappa shape index (κ3) is 3.52. The van der Waals surface area contributed by atoms with E-state index in [9.17, 15) is 9.90 Å². The van der Waals surface area contributed by atoms with E-state index in [1.807, 2.05) is 35.3 Å². The minimum atomic E-state index is -0.523. The van der Waals surface area contributed by atoms with Crippen LogP contribution in [0.1, 0.15) is 23.2 Å². The largest absolute Gasteiger partial charge is 0.391 e. The molecule has 1 aliphatic rings. The average molecular weight is 351 g/mol. The van der Waals surface area contributed by atoms with Gasteiger partial charge in [0.25, 0.3) is 5.91 Å². The van der Waals surface area contributed by atoms with Crippen LogP contribution in [0.15, 0.2) is 55.1 Å². The van der Waals surface area contributed by atoms with Crippen molar-refractivity contribution >= 4 is 5.91 Å². The Morgan fingerprint density at radius 3 is 2.81 bits per heavy atom. The van der Waals surface area contributed by atoms with Crippen LogP contribution in [0, 0.1) is 5.92 Å². The normalized spacial score (nSPS) is 22.4. The number of nitrogens with one attached hydrogen (secondary N) is 2. The van der Waals surface area contributed by atoms with Gasteiger partial charge in [-0.05, 0) is 42.5 Å². The monoisotopic (exact) mass is 351 g/mol. The van der Waals surface area contributed by atoms with Gasteiger partial charge in [-0.2, -0.15) is 10.2 Å². The molecule has 1 saturated carbocycles. The van der Waals surface area contributed by atoms with Crippen LogP contribution in [0.25, 0.3) is 11.1 Å². The number of nitrogens with zero attached hydrogens (tertiary/aromatic N) is 3. The lowest BCUT2D eigenvalue weighted by atomic mass is 10.1.